The first kappa shape index (κ1) is 22.6. The number of hydrogen-bond donors (Lipinski definition) is 2. The van der Waals surface area contributed by atoms with E-state index in [-0.39, 0.29) is 11.5 Å². The molecular weight excluding hydrogens is 394 g/mol. The van der Waals surface area contributed by atoms with Gasteiger partial charge in [0.1, 0.15) is 12.4 Å². The van der Waals surface area contributed by atoms with E-state index in [4.69, 9.17) is 5.69 Å². The Morgan fingerprint density at radius 1 is 1.27 bits per heavy atom. The third-order valence-corrected chi connectivity index (χ3v) is 4.47. The zero-order valence-electron chi connectivity index (χ0n) is 13.5. The Bertz CT molecular complexity index is 587. The predicted octanol–water partition coefficient (Wildman–Crippen LogP) is 1.03. The van der Waals surface area contributed by atoms with Gasteiger partial charge in [0.05, 0.1) is 24.7 Å². The lowest BCUT2D eigenvalue weighted by atomic mass is 9.81. The largest absolute Gasteiger partial charge is 0.429 e. The smallest absolute Gasteiger partial charge is 0.389 e. The van der Waals surface area contributed by atoms with Crippen molar-refractivity contribution in [3.05, 3.63) is 0 Å². The van der Waals surface area contributed by atoms with Crippen LogP contribution >= 0.6 is 11.2 Å². The average molecular weight is 410 g/mol. The van der Waals surface area contributed by atoms with Gasteiger partial charge in [0.25, 0.3) is 5.60 Å². The number of alkyl halides is 6. The molecule has 4 unspecified atom stereocenters. The molecule has 2 N–H and O–H groups in total. The highest BCUT2D eigenvalue weighted by molar-refractivity contribution is 8.03. The fourth-order valence-corrected chi connectivity index (χ4v) is 2.79. The summed E-state index contributed by atoms with van der Waals surface area (Å²) in [5, 5.41) is 19.4. The van der Waals surface area contributed by atoms with Crippen molar-refractivity contribution in [2.45, 2.75) is 36.2 Å². The van der Waals surface area contributed by atoms with Crippen molar-refractivity contribution in [3.8, 4) is 5.69 Å². The second-order valence-corrected chi connectivity index (χ2v) is 6.31. The first-order valence-corrected chi connectivity index (χ1v) is 7.83. The molecule has 0 aromatic carbocycles. The van der Waals surface area contributed by atoms with E-state index in [9.17, 15) is 41.4 Å². The second kappa shape index (κ2) is 7.69. The van der Waals surface area contributed by atoms with Gasteiger partial charge in [0, 0.05) is 14.1 Å². The molecule has 1 aliphatic heterocycles. The minimum atomic E-state index is -6.21. The molecule has 150 valence electrons. The molecule has 0 aromatic heterocycles. The van der Waals surface area contributed by atoms with E-state index >= 15 is 0 Å². The number of aliphatic hydroxyl groups excluding tert-OH is 1. The number of rotatable bonds is 3. The Labute approximate surface area is 148 Å². The van der Waals surface area contributed by atoms with Gasteiger partial charge < -0.3 is 24.6 Å². The van der Waals surface area contributed by atoms with Gasteiger partial charge in [-0.15, -0.1) is 0 Å². The highest BCUT2D eigenvalue weighted by Gasteiger charge is 2.76. The second-order valence-electron chi connectivity index (χ2n) is 5.71. The van der Waals surface area contributed by atoms with Crippen LogP contribution in [0.3, 0.4) is 0 Å². The van der Waals surface area contributed by atoms with E-state index < -0.39 is 48.7 Å². The highest BCUT2D eigenvalue weighted by Crippen LogP contribution is 2.48. The van der Waals surface area contributed by atoms with Crippen molar-refractivity contribution < 1.29 is 46.1 Å². The quantitative estimate of drug-likeness (QED) is 0.314. The summed E-state index contributed by atoms with van der Waals surface area (Å²) >= 11 is 0.614. The van der Waals surface area contributed by atoms with E-state index in [0.29, 0.717) is 11.2 Å². The summed E-state index contributed by atoms with van der Waals surface area (Å²) < 4.78 is 82.2. The molecule has 26 heavy (non-hydrogen) atoms. The Kier molecular flexibility index (Phi) is 6.69. The molecule has 1 fully saturated rings. The van der Waals surface area contributed by atoms with Gasteiger partial charge in [0.2, 0.25) is 0 Å². The molecule has 1 saturated heterocycles. The fourth-order valence-electron chi connectivity index (χ4n) is 2.38. The number of amidine groups is 1. The van der Waals surface area contributed by atoms with Crippen LogP contribution in [0.25, 0.3) is 0 Å². The first-order chi connectivity index (χ1) is 11.7. The van der Waals surface area contributed by atoms with Crippen LogP contribution in [0.1, 0.15) is 0 Å². The number of aliphatic imine (C=N–C) groups is 1. The predicted molar refractivity (Wildman–Crippen MR) is 79.8 cm³/mol. The minimum absolute atomic E-state index is 0.0318. The van der Waals surface area contributed by atoms with Gasteiger partial charge in [-0.2, -0.15) is 26.3 Å². The van der Waals surface area contributed by atoms with Crippen molar-refractivity contribution in [1.29, 1.82) is 0 Å². The van der Waals surface area contributed by atoms with Gasteiger partial charge in [-0.1, -0.05) is 16.9 Å². The normalized spacial score (nSPS) is 28.6. The number of hydrogen-bond acceptors (Lipinski definition) is 5. The number of carbonyl (C=O) groups is 1. The van der Waals surface area contributed by atoms with Crippen molar-refractivity contribution in [2.24, 2.45) is 10.9 Å². The summed E-state index contributed by atoms with van der Waals surface area (Å²) in [5.74, 6) is -1.79. The van der Waals surface area contributed by atoms with Crippen LogP contribution in [0.5, 0.6) is 0 Å². The van der Waals surface area contributed by atoms with Crippen molar-refractivity contribution in [2.75, 3.05) is 20.7 Å². The molecule has 0 amide bonds. The zero-order chi connectivity index (χ0) is 20.5. The number of nitrogens with zero attached hydrogens (tertiary/aromatic N) is 2. The van der Waals surface area contributed by atoms with Gasteiger partial charge in [-0.25, -0.2) is 0 Å². The molecule has 0 radical (unpaired) electrons. The molecule has 13 heteroatoms. The number of carbonyl (C=O) groups excluding carboxylic acids is 1. The van der Waals surface area contributed by atoms with Crippen LogP contribution in [-0.2, 0) is 9.53 Å². The van der Waals surface area contributed by atoms with Gasteiger partial charge in [-0.3, -0.25) is 4.99 Å². The third-order valence-electron chi connectivity index (χ3n) is 3.79. The Balaban J connectivity index is 3.32. The molecule has 6 nitrogen and oxygen atoms in total. The van der Waals surface area contributed by atoms with E-state index in [0.717, 1.165) is 0 Å². The SMILES string of the molecule is C#SC(=NC1COC(C(O)(C(F)(F)F)C(F)(F)F)C(O)C1C=O)N(C)C. The van der Waals surface area contributed by atoms with E-state index in [1.807, 2.05) is 0 Å². The number of halogens is 6. The van der Waals surface area contributed by atoms with Gasteiger partial charge in [0.15, 0.2) is 5.17 Å². The zero-order valence-corrected chi connectivity index (χ0v) is 14.3. The average Bonchev–Trinajstić information content (AvgIpc) is 2.49. The summed E-state index contributed by atoms with van der Waals surface area (Å²) in [4.78, 5) is 16.5. The maximum Gasteiger partial charge on any atom is 0.429 e. The summed E-state index contributed by atoms with van der Waals surface area (Å²) in [7, 11) is 3.01. The molecule has 4 atom stereocenters. The molecule has 1 heterocycles. The molecule has 0 bridgehead atoms. The molecule has 1 aliphatic rings. The van der Waals surface area contributed by atoms with Crippen LogP contribution in [0.4, 0.5) is 26.3 Å². The van der Waals surface area contributed by atoms with Gasteiger partial charge >= 0.3 is 12.4 Å². The molecule has 0 aliphatic carbocycles. The lowest BCUT2D eigenvalue weighted by Gasteiger charge is -2.45. The van der Waals surface area contributed by atoms with Crippen molar-refractivity contribution in [3.63, 3.8) is 0 Å². The highest BCUT2D eigenvalue weighted by atomic mass is 32.1. The van der Waals surface area contributed by atoms with Crippen LogP contribution in [0, 0.1) is 11.6 Å². The molecule has 0 spiro atoms. The summed E-state index contributed by atoms with van der Waals surface area (Å²) in [5.41, 5.74) is -0.0206. The Morgan fingerprint density at radius 3 is 2.12 bits per heavy atom. The molecule has 0 aromatic rings. The van der Waals surface area contributed by atoms with Crippen molar-refractivity contribution >= 4 is 22.6 Å². The number of ether oxygens (including phenoxy) is 1. The minimum Gasteiger partial charge on any atom is -0.389 e. The van der Waals surface area contributed by atoms with Crippen LogP contribution in [-0.4, -0.2) is 83.5 Å². The fraction of sp³-hybridized carbons (Fsp3) is 0.769. The first-order valence-electron chi connectivity index (χ1n) is 6.95. The lowest BCUT2D eigenvalue weighted by molar-refractivity contribution is -0.406. The summed E-state index contributed by atoms with van der Waals surface area (Å²) in [6.45, 7) is -0.877. The Hall–Kier alpha value is -1.40. The van der Waals surface area contributed by atoms with Crippen LogP contribution in [0.15, 0.2) is 4.99 Å². The van der Waals surface area contributed by atoms with Crippen LogP contribution in [0.2, 0.25) is 0 Å². The van der Waals surface area contributed by atoms with Crippen LogP contribution < -0.4 is 0 Å². The lowest BCUT2D eigenvalue weighted by Crippen LogP contribution is -2.71. The molecule has 0 saturated carbocycles. The van der Waals surface area contributed by atoms with E-state index in [1.54, 1.807) is 0 Å². The third kappa shape index (κ3) is 3.96. The maximum absolute atomic E-state index is 13.0. The van der Waals surface area contributed by atoms with Gasteiger partial charge in [-0.05, 0) is 0 Å². The summed E-state index contributed by atoms with van der Waals surface area (Å²) in [6.07, 6.45) is -18.2. The van der Waals surface area contributed by atoms with E-state index in [1.165, 1.54) is 19.0 Å². The molecular formula is C13H16F6N2O4S. The number of aliphatic hydroxyl groups is 2. The summed E-state index contributed by atoms with van der Waals surface area (Å²) in [6, 6.07) is -1.29. The Morgan fingerprint density at radius 2 is 1.77 bits per heavy atom. The standard InChI is InChI=1S/C13H16F6N2O4S/c1-21(2)10(26-3)20-7-5-25-9(8(23)6(7)4-22)11(24,12(14,15)16)13(17,18)19/h3-4,6-9,23-24H,5H2,1-2H3. The topological polar surface area (TPSA) is 82.4 Å². The van der Waals surface area contributed by atoms with Crippen molar-refractivity contribution in [1.82, 2.24) is 4.90 Å². The van der Waals surface area contributed by atoms with E-state index in [2.05, 4.69) is 9.73 Å². The maximum atomic E-state index is 13.0. The number of aldehydes is 1. The monoisotopic (exact) mass is 410 g/mol. The molecule has 1 rings (SSSR count).